The number of anilines is 1. The minimum absolute atomic E-state index is 0.0128. The Balaban J connectivity index is 1.55. The number of rotatable bonds is 7. The van der Waals surface area contributed by atoms with E-state index in [4.69, 9.17) is 11.6 Å². The van der Waals surface area contributed by atoms with Crippen molar-refractivity contribution in [3.05, 3.63) is 64.7 Å². The monoisotopic (exact) mass is 427 g/mol. The molecule has 0 aliphatic carbocycles. The van der Waals surface area contributed by atoms with Gasteiger partial charge < -0.3 is 10.6 Å². The van der Waals surface area contributed by atoms with Crippen LogP contribution in [0.15, 0.2) is 48.5 Å². The van der Waals surface area contributed by atoms with Gasteiger partial charge in [-0.25, -0.2) is 0 Å². The highest BCUT2D eigenvalue weighted by atomic mass is 35.5. The van der Waals surface area contributed by atoms with Crippen LogP contribution in [0.25, 0.3) is 0 Å². The molecule has 1 heterocycles. The van der Waals surface area contributed by atoms with Crippen molar-refractivity contribution in [1.29, 1.82) is 0 Å². The summed E-state index contributed by atoms with van der Waals surface area (Å²) in [5.74, 6) is -0.218. The number of nitrogens with zero attached hydrogens (tertiary/aromatic N) is 1. The molecular weight excluding hydrogens is 398 g/mol. The third kappa shape index (κ3) is 6.07. The summed E-state index contributed by atoms with van der Waals surface area (Å²) in [7, 11) is 0. The zero-order valence-electron chi connectivity index (χ0n) is 17.7. The smallest absolute Gasteiger partial charge is 0.253 e. The fraction of sp³-hybridized carbons (Fsp3) is 0.417. The average Bonchev–Trinajstić information content (AvgIpc) is 2.74. The maximum absolute atomic E-state index is 12.9. The summed E-state index contributed by atoms with van der Waals surface area (Å²) >= 11 is 6.08. The fourth-order valence-corrected chi connectivity index (χ4v) is 3.89. The van der Waals surface area contributed by atoms with E-state index in [1.165, 1.54) is 5.56 Å². The number of carbonyl (C=O) groups excluding carboxylic acids is 2. The second kappa shape index (κ2) is 10.6. The zero-order valence-corrected chi connectivity index (χ0v) is 18.4. The number of para-hydroxylation sites is 1. The lowest BCUT2D eigenvalue weighted by Crippen LogP contribution is -2.38. The zero-order chi connectivity index (χ0) is 21.5. The first-order valence-corrected chi connectivity index (χ1v) is 11.0. The van der Waals surface area contributed by atoms with E-state index in [1.54, 1.807) is 12.1 Å². The van der Waals surface area contributed by atoms with Crippen LogP contribution >= 0.6 is 11.6 Å². The molecule has 160 valence electrons. The molecule has 3 rings (SSSR count). The topological polar surface area (TPSA) is 61.4 Å². The van der Waals surface area contributed by atoms with Gasteiger partial charge in [0.05, 0.1) is 11.3 Å². The first kappa shape index (κ1) is 22.3. The van der Waals surface area contributed by atoms with Crippen molar-refractivity contribution in [2.75, 3.05) is 18.4 Å². The Labute approximate surface area is 183 Å². The minimum atomic E-state index is -0.156. The molecular formula is C24H30ClN3O2. The molecule has 0 bridgehead atoms. The Bertz CT molecular complexity index is 878. The predicted molar refractivity (Wildman–Crippen MR) is 122 cm³/mol. The lowest BCUT2D eigenvalue weighted by molar-refractivity contribution is -0.121. The van der Waals surface area contributed by atoms with E-state index in [-0.39, 0.29) is 23.8 Å². The number of hydrogen-bond donors (Lipinski definition) is 2. The highest BCUT2D eigenvalue weighted by Gasteiger charge is 2.26. The van der Waals surface area contributed by atoms with Gasteiger partial charge in [0.2, 0.25) is 5.91 Å². The summed E-state index contributed by atoms with van der Waals surface area (Å²) in [5, 5.41) is 6.70. The van der Waals surface area contributed by atoms with Gasteiger partial charge in [-0.15, -0.1) is 0 Å². The Kier molecular flexibility index (Phi) is 7.88. The number of halogens is 1. The van der Waals surface area contributed by atoms with Crippen LogP contribution in [-0.2, 0) is 11.3 Å². The highest BCUT2D eigenvalue weighted by Crippen LogP contribution is 2.23. The maximum Gasteiger partial charge on any atom is 0.253 e. The van der Waals surface area contributed by atoms with Gasteiger partial charge in [-0.05, 0) is 69.1 Å². The number of likely N-dealkylation sites (tertiary alicyclic amines) is 1. The van der Waals surface area contributed by atoms with Gasteiger partial charge in [0.15, 0.2) is 0 Å². The molecule has 0 radical (unpaired) electrons. The van der Waals surface area contributed by atoms with Crippen molar-refractivity contribution in [3.8, 4) is 0 Å². The van der Waals surface area contributed by atoms with Gasteiger partial charge in [-0.3, -0.25) is 14.5 Å². The molecule has 2 aromatic rings. The van der Waals surface area contributed by atoms with E-state index >= 15 is 0 Å². The molecule has 1 atom stereocenters. The second-order valence-corrected chi connectivity index (χ2v) is 8.43. The summed E-state index contributed by atoms with van der Waals surface area (Å²) in [4.78, 5) is 27.8. The minimum Gasteiger partial charge on any atom is -0.350 e. The van der Waals surface area contributed by atoms with E-state index in [0.717, 1.165) is 43.9 Å². The van der Waals surface area contributed by atoms with Crippen LogP contribution in [0.4, 0.5) is 5.69 Å². The van der Waals surface area contributed by atoms with Crippen molar-refractivity contribution in [2.24, 2.45) is 5.92 Å². The van der Waals surface area contributed by atoms with Gasteiger partial charge in [0, 0.05) is 23.5 Å². The number of piperidine rings is 1. The van der Waals surface area contributed by atoms with E-state index < -0.39 is 0 Å². The Morgan fingerprint density at radius 2 is 1.87 bits per heavy atom. The van der Waals surface area contributed by atoms with E-state index in [2.05, 4.69) is 21.6 Å². The van der Waals surface area contributed by atoms with E-state index in [9.17, 15) is 9.59 Å². The van der Waals surface area contributed by atoms with E-state index in [1.807, 2.05) is 44.2 Å². The summed E-state index contributed by atoms with van der Waals surface area (Å²) in [6, 6.07) is 15.2. The SMILES string of the molecule is CC[C@@H](C)NC(=O)c1ccccc1NC(=O)C1CCN(Cc2cccc(Cl)c2)CC1. The molecule has 1 saturated heterocycles. The molecule has 6 heteroatoms. The number of carbonyl (C=O) groups is 2. The first-order valence-electron chi connectivity index (χ1n) is 10.6. The third-order valence-electron chi connectivity index (χ3n) is 5.67. The van der Waals surface area contributed by atoms with Gasteiger partial charge in [-0.1, -0.05) is 42.8 Å². The van der Waals surface area contributed by atoms with Gasteiger partial charge in [0.25, 0.3) is 5.91 Å². The summed E-state index contributed by atoms with van der Waals surface area (Å²) in [5.41, 5.74) is 2.26. The molecule has 2 aromatic carbocycles. The average molecular weight is 428 g/mol. The largest absolute Gasteiger partial charge is 0.350 e. The van der Waals surface area contributed by atoms with Crippen LogP contribution < -0.4 is 10.6 Å². The van der Waals surface area contributed by atoms with Crippen molar-refractivity contribution in [1.82, 2.24) is 10.2 Å². The number of hydrogen-bond acceptors (Lipinski definition) is 3. The van der Waals surface area contributed by atoms with E-state index in [0.29, 0.717) is 11.3 Å². The van der Waals surface area contributed by atoms with Crippen LogP contribution in [-0.4, -0.2) is 35.8 Å². The molecule has 1 aliphatic rings. The van der Waals surface area contributed by atoms with Gasteiger partial charge >= 0.3 is 0 Å². The van der Waals surface area contributed by atoms with Gasteiger partial charge in [0.1, 0.15) is 0 Å². The van der Waals surface area contributed by atoms with Crippen LogP contribution in [0, 0.1) is 5.92 Å². The Morgan fingerprint density at radius 3 is 2.57 bits per heavy atom. The lowest BCUT2D eigenvalue weighted by atomic mass is 9.95. The van der Waals surface area contributed by atoms with Crippen LogP contribution in [0.1, 0.15) is 49.0 Å². The molecule has 0 spiro atoms. The second-order valence-electron chi connectivity index (χ2n) is 8.00. The van der Waals surface area contributed by atoms with Crippen molar-refractivity contribution in [2.45, 2.75) is 45.7 Å². The van der Waals surface area contributed by atoms with Crippen LogP contribution in [0.3, 0.4) is 0 Å². The Hall–Kier alpha value is -2.37. The molecule has 2 amide bonds. The first-order chi connectivity index (χ1) is 14.5. The molecule has 1 aliphatic heterocycles. The molecule has 0 saturated carbocycles. The molecule has 2 N–H and O–H groups in total. The lowest BCUT2D eigenvalue weighted by Gasteiger charge is -2.31. The number of nitrogens with one attached hydrogen (secondary N) is 2. The summed E-state index contributed by atoms with van der Waals surface area (Å²) < 4.78 is 0. The number of benzene rings is 2. The van der Waals surface area contributed by atoms with Crippen LogP contribution in [0.2, 0.25) is 5.02 Å². The summed E-state index contributed by atoms with van der Waals surface area (Å²) in [6.07, 6.45) is 2.45. The third-order valence-corrected chi connectivity index (χ3v) is 5.91. The Morgan fingerprint density at radius 1 is 1.13 bits per heavy atom. The molecule has 30 heavy (non-hydrogen) atoms. The normalized spacial score (nSPS) is 16.1. The standard InChI is InChI=1S/C24H30ClN3O2/c1-3-17(2)26-24(30)21-9-4-5-10-22(21)27-23(29)19-11-13-28(14-12-19)16-18-7-6-8-20(25)15-18/h4-10,15,17,19H,3,11-14,16H2,1-2H3,(H,26,30)(H,27,29)/t17-/m1/s1. The van der Waals surface area contributed by atoms with Gasteiger partial charge in [-0.2, -0.15) is 0 Å². The quantitative estimate of drug-likeness (QED) is 0.672. The summed E-state index contributed by atoms with van der Waals surface area (Å²) in [6.45, 7) is 6.56. The highest BCUT2D eigenvalue weighted by molar-refractivity contribution is 6.30. The number of amides is 2. The fourth-order valence-electron chi connectivity index (χ4n) is 3.68. The van der Waals surface area contributed by atoms with Crippen molar-refractivity contribution < 1.29 is 9.59 Å². The molecule has 0 unspecified atom stereocenters. The molecule has 5 nitrogen and oxygen atoms in total. The molecule has 0 aromatic heterocycles. The predicted octanol–water partition coefficient (Wildman–Crippen LogP) is 4.72. The van der Waals surface area contributed by atoms with Crippen LogP contribution in [0.5, 0.6) is 0 Å². The van der Waals surface area contributed by atoms with Crippen molar-refractivity contribution >= 4 is 29.1 Å². The van der Waals surface area contributed by atoms with Crippen molar-refractivity contribution in [3.63, 3.8) is 0 Å². The molecule has 1 fully saturated rings. The maximum atomic E-state index is 12.9.